The van der Waals surface area contributed by atoms with Crippen molar-refractivity contribution in [1.29, 1.82) is 0 Å². The molecule has 0 aliphatic heterocycles. The third-order valence-corrected chi connectivity index (χ3v) is 5.80. The van der Waals surface area contributed by atoms with Gasteiger partial charge in [-0.25, -0.2) is 4.79 Å². The maximum atomic E-state index is 12.8. The number of para-hydroxylation sites is 1. The molecule has 1 amide bonds. The number of thiazole rings is 1. The van der Waals surface area contributed by atoms with Gasteiger partial charge in [0.1, 0.15) is 22.4 Å². The maximum absolute atomic E-state index is 12.8. The molecule has 142 valence electrons. The third kappa shape index (κ3) is 2.93. The standard InChI is InChI=1S/C21H18N2O4S/c1-4-23-17-16(26-3)10-9-12(2)18(17)28-21(23)22-19(24)14-11-13-7-5-6-8-15(13)27-20(14)25/h5-11H,4H2,1-3H3. The number of methoxy groups -OCH3 is 1. The molecule has 0 saturated carbocycles. The monoisotopic (exact) mass is 394 g/mol. The molecule has 0 unspecified atom stereocenters. The van der Waals surface area contributed by atoms with Gasteiger partial charge in [-0.3, -0.25) is 4.79 Å². The van der Waals surface area contributed by atoms with E-state index in [2.05, 4.69) is 4.99 Å². The number of benzene rings is 2. The molecule has 0 spiro atoms. The van der Waals surface area contributed by atoms with Gasteiger partial charge in [0.05, 0.1) is 11.8 Å². The van der Waals surface area contributed by atoms with Crippen molar-refractivity contribution < 1.29 is 13.9 Å². The lowest BCUT2D eigenvalue weighted by molar-refractivity contribution is 0.0994. The topological polar surface area (TPSA) is 73.8 Å². The van der Waals surface area contributed by atoms with Crippen LogP contribution in [0.4, 0.5) is 0 Å². The van der Waals surface area contributed by atoms with Gasteiger partial charge in [0.15, 0.2) is 4.80 Å². The number of nitrogens with zero attached hydrogens (tertiary/aromatic N) is 2. The highest BCUT2D eigenvalue weighted by Gasteiger charge is 2.16. The molecule has 0 aliphatic carbocycles. The van der Waals surface area contributed by atoms with E-state index in [0.29, 0.717) is 22.3 Å². The zero-order valence-electron chi connectivity index (χ0n) is 15.7. The molecule has 2 heterocycles. The van der Waals surface area contributed by atoms with E-state index in [1.807, 2.05) is 36.6 Å². The summed E-state index contributed by atoms with van der Waals surface area (Å²) in [5, 5.41) is 0.679. The lowest BCUT2D eigenvalue weighted by atomic mass is 10.2. The highest BCUT2D eigenvalue weighted by atomic mass is 32.1. The second kappa shape index (κ2) is 7.09. The second-order valence-corrected chi connectivity index (χ2v) is 7.27. The number of aryl methyl sites for hydroxylation is 2. The summed E-state index contributed by atoms with van der Waals surface area (Å²) in [7, 11) is 1.62. The first-order valence-corrected chi connectivity index (χ1v) is 9.64. The van der Waals surface area contributed by atoms with Crippen molar-refractivity contribution in [2.45, 2.75) is 20.4 Å². The van der Waals surface area contributed by atoms with E-state index in [9.17, 15) is 9.59 Å². The number of aromatic nitrogens is 1. The van der Waals surface area contributed by atoms with Crippen LogP contribution in [0.5, 0.6) is 5.75 Å². The van der Waals surface area contributed by atoms with Crippen molar-refractivity contribution in [3.05, 3.63) is 68.8 Å². The number of ether oxygens (including phenoxy) is 1. The molecule has 2 aromatic heterocycles. The molecule has 0 N–H and O–H groups in total. The minimum atomic E-state index is -0.689. The van der Waals surface area contributed by atoms with Crippen LogP contribution < -0.4 is 15.2 Å². The summed E-state index contributed by atoms with van der Waals surface area (Å²) >= 11 is 1.40. The fraction of sp³-hybridized carbons (Fsp3) is 0.190. The molecular formula is C21H18N2O4S. The summed E-state index contributed by atoms with van der Waals surface area (Å²) in [6.45, 7) is 4.59. The molecule has 7 heteroatoms. The molecule has 2 aromatic carbocycles. The summed E-state index contributed by atoms with van der Waals surface area (Å²) in [5.74, 6) is 0.0997. The van der Waals surface area contributed by atoms with Crippen molar-refractivity contribution >= 4 is 38.4 Å². The Hall–Kier alpha value is -3.19. The number of carbonyl (C=O) groups excluding carboxylic acids is 1. The highest BCUT2D eigenvalue weighted by molar-refractivity contribution is 7.16. The molecule has 0 bridgehead atoms. The van der Waals surface area contributed by atoms with Gasteiger partial charge in [-0.2, -0.15) is 4.99 Å². The van der Waals surface area contributed by atoms with Crippen molar-refractivity contribution in [2.24, 2.45) is 4.99 Å². The molecule has 0 saturated heterocycles. The Bertz CT molecular complexity index is 1340. The van der Waals surface area contributed by atoms with Crippen LogP contribution >= 0.6 is 11.3 Å². The number of amides is 1. The minimum absolute atomic E-state index is 0.0810. The Morgan fingerprint density at radius 2 is 2.04 bits per heavy atom. The number of hydrogen-bond acceptors (Lipinski definition) is 5. The van der Waals surface area contributed by atoms with Gasteiger partial charge in [-0.1, -0.05) is 35.6 Å². The fourth-order valence-electron chi connectivity index (χ4n) is 3.18. The van der Waals surface area contributed by atoms with Crippen molar-refractivity contribution in [2.75, 3.05) is 7.11 Å². The molecule has 4 aromatic rings. The normalized spacial score (nSPS) is 12.0. The lowest BCUT2D eigenvalue weighted by Gasteiger charge is -2.07. The number of rotatable bonds is 3. The van der Waals surface area contributed by atoms with Crippen LogP contribution in [0.1, 0.15) is 22.8 Å². The van der Waals surface area contributed by atoms with Gasteiger partial charge in [0.25, 0.3) is 5.91 Å². The van der Waals surface area contributed by atoms with Gasteiger partial charge in [-0.15, -0.1) is 0 Å². The first-order valence-electron chi connectivity index (χ1n) is 8.82. The van der Waals surface area contributed by atoms with Gasteiger partial charge >= 0.3 is 5.63 Å². The first-order chi connectivity index (χ1) is 13.5. The van der Waals surface area contributed by atoms with Crippen LogP contribution in [-0.4, -0.2) is 17.6 Å². The van der Waals surface area contributed by atoms with E-state index in [0.717, 1.165) is 21.5 Å². The molecule has 0 aliphatic rings. The average molecular weight is 394 g/mol. The Morgan fingerprint density at radius 1 is 1.25 bits per heavy atom. The molecule has 28 heavy (non-hydrogen) atoms. The van der Waals surface area contributed by atoms with Gasteiger partial charge in [0.2, 0.25) is 0 Å². The van der Waals surface area contributed by atoms with Crippen LogP contribution in [0.25, 0.3) is 21.2 Å². The van der Waals surface area contributed by atoms with E-state index in [4.69, 9.17) is 9.15 Å². The minimum Gasteiger partial charge on any atom is -0.495 e. The largest absolute Gasteiger partial charge is 0.495 e. The van der Waals surface area contributed by atoms with E-state index >= 15 is 0 Å². The van der Waals surface area contributed by atoms with Crippen molar-refractivity contribution in [1.82, 2.24) is 4.57 Å². The fourth-order valence-corrected chi connectivity index (χ4v) is 4.36. The van der Waals surface area contributed by atoms with E-state index in [1.54, 1.807) is 25.3 Å². The predicted molar refractivity (Wildman–Crippen MR) is 109 cm³/mol. The van der Waals surface area contributed by atoms with Crippen LogP contribution in [0.3, 0.4) is 0 Å². The molecule has 6 nitrogen and oxygen atoms in total. The zero-order valence-corrected chi connectivity index (χ0v) is 16.5. The van der Waals surface area contributed by atoms with E-state index < -0.39 is 11.5 Å². The van der Waals surface area contributed by atoms with E-state index in [1.165, 1.54) is 17.4 Å². The third-order valence-electron chi connectivity index (χ3n) is 4.59. The van der Waals surface area contributed by atoms with Gasteiger partial charge in [-0.05, 0) is 37.6 Å². The van der Waals surface area contributed by atoms with Crippen LogP contribution in [0, 0.1) is 6.92 Å². The molecule has 0 radical (unpaired) electrons. The van der Waals surface area contributed by atoms with Gasteiger partial charge < -0.3 is 13.7 Å². The highest BCUT2D eigenvalue weighted by Crippen LogP contribution is 2.30. The van der Waals surface area contributed by atoms with Crippen LogP contribution in [0.2, 0.25) is 0 Å². The van der Waals surface area contributed by atoms with Crippen molar-refractivity contribution in [3.63, 3.8) is 0 Å². The Morgan fingerprint density at radius 3 is 2.79 bits per heavy atom. The summed E-state index contributed by atoms with van der Waals surface area (Å²) < 4.78 is 13.7. The van der Waals surface area contributed by atoms with Crippen LogP contribution in [0.15, 0.2) is 56.7 Å². The Labute approximate surface area is 164 Å². The summed E-state index contributed by atoms with van der Waals surface area (Å²) in [4.78, 5) is 29.8. The van der Waals surface area contributed by atoms with E-state index in [-0.39, 0.29) is 5.56 Å². The summed E-state index contributed by atoms with van der Waals surface area (Å²) in [6.07, 6.45) is 0. The second-order valence-electron chi connectivity index (χ2n) is 6.29. The molecule has 0 atom stereocenters. The van der Waals surface area contributed by atoms with Crippen molar-refractivity contribution in [3.8, 4) is 5.75 Å². The average Bonchev–Trinajstić information content (AvgIpc) is 3.06. The number of hydrogen-bond donors (Lipinski definition) is 0. The summed E-state index contributed by atoms with van der Waals surface area (Å²) in [6, 6.07) is 12.5. The van der Waals surface area contributed by atoms with Crippen LogP contribution in [-0.2, 0) is 6.54 Å². The molecule has 4 rings (SSSR count). The first kappa shape index (κ1) is 18.2. The van der Waals surface area contributed by atoms with Gasteiger partial charge in [0, 0.05) is 11.9 Å². The Balaban J connectivity index is 1.93. The number of fused-ring (bicyclic) bond motifs is 2. The lowest BCUT2D eigenvalue weighted by Crippen LogP contribution is -2.19. The smallest absolute Gasteiger partial charge is 0.349 e. The predicted octanol–water partition coefficient (Wildman–Crippen LogP) is 3.89. The zero-order chi connectivity index (χ0) is 19.8. The quantitative estimate of drug-likeness (QED) is 0.494. The molecular weight excluding hydrogens is 376 g/mol. The Kier molecular flexibility index (Phi) is 4.60. The summed E-state index contributed by atoms with van der Waals surface area (Å²) in [5.41, 5.74) is 1.64. The SMILES string of the molecule is CCn1c(=NC(=O)c2cc3ccccc3oc2=O)sc2c(C)ccc(OC)c21. The molecule has 0 fully saturated rings. The maximum Gasteiger partial charge on any atom is 0.349 e. The number of carbonyl (C=O) groups is 1.